The third kappa shape index (κ3) is 4.14. The molecule has 1 atom stereocenters. The molecule has 25 heavy (non-hydrogen) atoms. The largest absolute Gasteiger partial charge is 0.325 e. The topological polar surface area (TPSA) is 52.7 Å². The van der Waals surface area contributed by atoms with Gasteiger partial charge in [0.15, 0.2) is 0 Å². The number of likely N-dealkylation sites (tertiary alicyclic amines) is 1. The lowest BCUT2D eigenvalue weighted by molar-refractivity contribution is -0.116. The molecule has 1 aromatic carbocycles. The van der Waals surface area contributed by atoms with Gasteiger partial charge in [-0.25, -0.2) is 4.79 Å². The number of fused-ring (bicyclic) bond motifs is 1. The van der Waals surface area contributed by atoms with E-state index < -0.39 is 0 Å². The van der Waals surface area contributed by atoms with Gasteiger partial charge in [0.1, 0.15) is 0 Å². The zero-order chi connectivity index (χ0) is 17.8. The normalized spacial score (nSPS) is 20.2. The standard InChI is InChI=1S/C20H29N3O2/c1-3-5-16-6-4-11-22(12-9-16)20(25)21-18-7-8-19-17(14-18)10-13-23(19)15(2)24/h7-8,14,16H,3-6,9-13H2,1-2H3,(H,21,25)/t16-/m1/s1. The average molecular weight is 343 g/mol. The van der Waals surface area contributed by atoms with E-state index in [0.29, 0.717) is 0 Å². The Hall–Kier alpha value is -2.04. The number of urea groups is 1. The first-order chi connectivity index (χ1) is 12.1. The number of hydrogen-bond acceptors (Lipinski definition) is 2. The molecule has 2 heterocycles. The first-order valence-corrected chi connectivity index (χ1v) is 9.55. The zero-order valence-electron chi connectivity index (χ0n) is 15.4. The Balaban J connectivity index is 1.61. The minimum atomic E-state index is -0.00137. The number of benzene rings is 1. The van der Waals surface area contributed by atoms with E-state index in [-0.39, 0.29) is 11.9 Å². The Labute approximate surface area is 150 Å². The van der Waals surface area contributed by atoms with Crippen molar-refractivity contribution in [2.75, 3.05) is 29.9 Å². The number of rotatable bonds is 3. The minimum absolute atomic E-state index is 0.00137. The third-order valence-corrected chi connectivity index (χ3v) is 5.44. The van der Waals surface area contributed by atoms with Gasteiger partial charge in [0.05, 0.1) is 0 Å². The molecule has 0 aromatic heterocycles. The van der Waals surface area contributed by atoms with Crippen LogP contribution in [0, 0.1) is 5.92 Å². The number of amides is 3. The molecule has 0 unspecified atom stereocenters. The maximum absolute atomic E-state index is 12.6. The lowest BCUT2D eigenvalue weighted by atomic mass is 9.96. The van der Waals surface area contributed by atoms with Crippen LogP contribution in [0.3, 0.4) is 0 Å². The van der Waals surface area contributed by atoms with Crippen molar-refractivity contribution in [3.05, 3.63) is 23.8 Å². The van der Waals surface area contributed by atoms with E-state index in [0.717, 1.165) is 61.8 Å². The number of nitrogens with zero attached hydrogens (tertiary/aromatic N) is 2. The molecule has 1 aromatic rings. The highest BCUT2D eigenvalue weighted by molar-refractivity contribution is 5.95. The fraction of sp³-hybridized carbons (Fsp3) is 0.600. The Morgan fingerprint density at radius 3 is 2.80 bits per heavy atom. The van der Waals surface area contributed by atoms with Crippen molar-refractivity contribution in [1.82, 2.24) is 4.90 Å². The Morgan fingerprint density at radius 2 is 2.04 bits per heavy atom. The first kappa shape index (κ1) is 17.8. The predicted octanol–water partition coefficient (Wildman–Crippen LogP) is 4.03. The van der Waals surface area contributed by atoms with Crippen molar-refractivity contribution >= 4 is 23.3 Å². The van der Waals surface area contributed by atoms with Crippen LogP contribution in [-0.2, 0) is 11.2 Å². The Kier molecular flexibility index (Phi) is 5.61. The quantitative estimate of drug-likeness (QED) is 0.901. The summed E-state index contributed by atoms with van der Waals surface area (Å²) in [6.45, 7) is 6.24. The highest BCUT2D eigenvalue weighted by Gasteiger charge is 2.23. The zero-order valence-corrected chi connectivity index (χ0v) is 15.4. The van der Waals surface area contributed by atoms with E-state index in [1.54, 1.807) is 11.8 Å². The van der Waals surface area contributed by atoms with E-state index in [4.69, 9.17) is 0 Å². The van der Waals surface area contributed by atoms with Gasteiger partial charge in [-0.15, -0.1) is 0 Å². The van der Waals surface area contributed by atoms with Gasteiger partial charge in [-0.05, 0) is 55.4 Å². The van der Waals surface area contributed by atoms with Crippen molar-refractivity contribution in [2.24, 2.45) is 5.92 Å². The fourth-order valence-electron chi connectivity index (χ4n) is 4.07. The molecule has 3 amide bonds. The molecule has 3 rings (SSSR count). The molecule has 136 valence electrons. The van der Waals surface area contributed by atoms with E-state index in [1.165, 1.54) is 19.3 Å². The third-order valence-electron chi connectivity index (χ3n) is 5.44. The summed E-state index contributed by atoms with van der Waals surface area (Å²) >= 11 is 0. The minimum Gasteiger partial charge on any atom is -0.325 e. The molecular weight excluding hydrogens is 314 g/mol. The summed E-state index contributed by atoms with van der Waals surface area (Å²) in [6.07, 6.45) is 6.78. The van der Waals surface area contributed by atoms with E-state index in [9.17, 15) is 9.59 Å². The van der Waals surface area contributed by atoms with Crippen LogP contribution in [0.4, 0.5) is 16.2 Å². The van der Waals surface area contributed by atoms with Gasteiger partial charge in [0.2, 0.25) is 5.91 Å². The SMILES string of the molecule is CCC[C@@H]1CCCN(C(=O)Nc2ccc3c(c2)CCN3C(C)=O)CC1. The summed E-state index contributed by atoms with van der Waals surface area (Å²) in [5.41, 5.74) is 2.93. The molecule has 2 aliphatic heterocycles. The number of carbonyl (C=O) groups excluding carboxylic acids is 2. The Morgan fingerprint density at radius 1 is 1.20 bits per heavy atom. The summed E-state index contributed by atoms with van der Waals surface area (Å²) in [5.74, 6) is 0.835. The average Bonchev–Trinajstić information content (AvgIpc) is 2.86. The fourth-order valence-corrected chi connectivity index (χ4v) is 4.07. The van der Waals surface area contributed by atoms with Crippen LogP contribution >= 0.6 is 0 Å². The lowest BCUT2D eigenvalue weighted by Crippen LogP contribution is -2.35. The van der Waals surface area contributed by atoms with Crippen LogP contribution in [0.1, 0.15) is 51.5 Å². The maximum atomic E-state index is 12.6. The molecule has 1 fully saturated rings. The molecular formula is C20H29N3O2. The molecule has 5 heteroatoms. The highest BCUT2D eigenvalue weighted by Crippen LogP contribution is 2.30. The summed E-state index contributed by atoms with van der Waals surface area (Å²) in [7, 11) is 0. The molecule has 0 spiro atoms. The summed E-state index contributed by atoms with van der Waals surface area (Å²) in [6, 6.07) is 5.85. The highest BCUT2D eigenvalue weighted by atomic mass is 16.2. The van der Waals surface area contributed by atoms with Gasteiger partial charge >= 0.3 is 6.03 Å². The van der Waals surface area contributed by atoms with E-state index in [1.807, 2.05) is 23.1 Å². The van der Waals surface area contributed by atoms with Crippen molar-refractivity contribution in [2.45, 2.75) is 52.4 Å². The van der Waals surface area contributed by atoms with Crippen LogP contribution in [0.15, 0.2) is 18.2 Å². The molecule has 0 aliphatic carbocycles. The van der Waals surface area contributed by atoms with Gasteiger partial charge in [-0.1, -0.05) is 19.8 Å². The Bertz CT molecular complexity index is 644. The second-order valence-electron chi connectivity index (χ2n) is 7.27. The monoisotopic (exact) mass is 343 g/mol. The molecule has 1 N–H and O–H groups in total. The van der Waals surface area contributed by atoms with Crippen molar-refractivity contribution in [1.29, 1.82) is 0 Å². The van der Waals surface area contributed by atoms with Crippen LogP contribution in [0.2, 0.25) is 0 Å². The number of carbonyl (C=O) groups is 2. The van der Waals surface area contributed by atoms with Crippen molar-refractivity contribution in [3.63, 3.8) is 0 Å². The number of anilines is 2. The molecule has 0 bridgehead atoms. The molecule has 5 nitrogen and oxygen atoms in total. The van der Waals surface area contributed by atoms with Crippen LogP contribution in [0.5, 0.6) is 0 Å². The van der Waals surface area contributed by atoms with Crippen LogP contribution in [-0.4, -0.2) is 36.5 Å². The summed E-state index contributed by atoms with van der Waals surface area (Å²) in [5, 5.41) is 3.04. The van der Waals surface area contributed by atoms with E-state index in [2.05, 4.69) is 12.2 Å². The second kappa shape index (κ2) is 7.89. The van der Waals surface area contributed by atoms with Gasteiger partial charge in [-0.3, -0.25) is 4.79 Å². The van der Waals surface area contributed by atoms with E-state index >= 15 is 0 Å². The van der Waals surface area contributed by atoms with Gasteiger partial charge in [-0.2, -0.15) is 0 Å². The summed E-state index contributed by atoms with van der Waals surface area (Å²) < 4.78 is 0. The molecule has 2 aliphatic rings. The van der Waals surface area contributed by atoms with Gasteiger partial charge in [0.25, 0.3) is 0 Å². The van der Waals surface area contributed by atoms with Crippen molar-refractivity contribution in [3.8, 4) is 0 Å². The first-order valence-electron chi connectivity index (χ1n) is 9.55. The summed E-state index contributed by atoms with van der Waals surface area (Å²) in [4.78, 5) is 28.0. The van der Waals surface area contributed by atoms with Gasteiger partial charge in [0, 0.05) is 37.9 Å². The lowest BCUT2D eigenvalue weighted by Gasteiger charge is -2.21. The molecule has 0 radical (unpaired) electrons. The maximum Gasteiger partial charge on any atom is 0.321 e. The van der Waals surface area contributed by atoms with Crippen molar-refractivity contribution < 1.29 is 9.59 Å². The second-order valence-corrected chi connectivity index (χ2v) is 7.27. The van der Waals surface area contributed by atoms with Crippen LogP contribution < -0.4 is 10.2 Å². The predicted molar refractivity (Wildman–Crippen MR) is 101 cm³/mol. The number of nitrogens with one attached hydrogen (secondary N) is 1. The smallest absolute Gasteiger partial charge is 0.321 e. The van der Waals surface area contributed by atoms with Crippen LogP contribution in [0.25, 0.3) is 0 Å². The van der Waals surface area contributed by atoms with Gasteiger partial charge < -0.3 is 15.1 Å². The molecule has 0 saturated carbocycles. The number of hydrogen-bond donors (Lipinski definition) is 1. The molecule has 1 saturated heterocycles.